The number of carboxylic acids is 1. The predicted octanol–water partition coefficient (Wildman–Crippen LogP) is 0.693. The molecule has 6 heteroatoms. The molecule has 1 saturated heterocycles. The van der Waals surface area contributed by atoms with Crippen molar-refractivity contribution in [2.24, 2.45) is 0 Å². The predicted molar refractivity (Wildman–Crippen MR) is 60.1 cm³/mol. The first-order valence-electron chi connectivity index (χ1n) is 5.45. The number of hydrogen-bond acceptors (Lipinski definition) is 4. The number of furan rings is 1. The normalized spacial score (nSPS) is 19.4. The molecule has 1 aliphatic heterocycles. The summed E-state index contributed by atoms with van der Waals surface area (Å²) in [7, 11) is 1.59. The minimum Gasteiger partial charge on any atom is -0.475 e. The number of hydrogen-bond donors (Lipinski definition) is 2. The summed E-state index contributed by atoms with van der Waals surface area (Å²) in [6.45, 7) is 0.699. The third kappa shape index (κ3) is 2.11. The molecule has 1 aromatic heterocycles. The third-order valence-electron chi connectivity index (χ3n) is 2.89. The van der Waals surface area contributed by atoms with E-state index in [9.17, 15) is 9.59 Å². The lowest BCUT2D eigenvalue weighted by atomic mass is 10.2. The van der Waals surface area contributed by atoms with Crippen LogP contribution >= 0.6 is 0 Å². The van der Waals surface area contributed by atoms with E-state index >= 15 is 0 Å². The highest BCUT2D eigenvalue weighted by Gasteiger charge is 2.32. The zero-order chi connectivity index (χ0) is 12.4. The van der Waals surface area contributed by atoms with Gasteiger partial charge in [0.15, 0.2) is 5.88 Å². The molecule has 2 rings (SSSR count). The van der Waals surface area contributed by atoms with Crippen molar-refractivity contribution < 1.29 is 19.1 Å². The molecule has 0 radical (unpaired) electrons. The van der Waals surface area contributed by atoms with Gasteiger partial charge in [-0.2, -0.15) is 0 Å². The van der Waals surface area contributed by atoms with E-state index in [2.05, 4.69) is 5.32 Å². The lowest BCUT2D eigenvalue weighted by Crippen LogP contribution is -2.41. The number of nitrogens with one attached hydrogen (secondary N) is 1. The molecule has 0 bridgehead atoms. The average Bonchev–Trinajstić information content (AvgIpc) is 2.95. The van der Waals surface area contributed by atoms with Crippen LogP contribution in [-0.4, -0.2) is 36.6 Å². The Morgan fingerprint density at radius 1 is 1.53 bits per heavy atom. The summed E-state index contributed by atoms with van der Waals surface area (Å²) in [4.78, 5) is 24.1. The maximum atomic E-state index is 11.6. The van der Waals surface area contributed by atoms with E-state index in [1.54, 1.807) is 18.0 Å². The van der Waals surface area contributed by atoms with Crippen LogP contribution < -0.4 is 10.2 Å². The van der Waals surface area contributed by atoms with Gasteiger partial charge in [0, 0.05) is 19.7 Å². The van der Waals surface area contributed by atoms with Gasteiger partial charge in [0.05, 0.1) is 0 Å². The highest BCUT2D eigenvalue weighted by Crippen LogP contribution is 2.27. The number of carbonyl (C=O) groups excluding carboxylic acids is 1. The first kappa shape index (κ1) is 11.5. The monoisotopic (exact) mass is 238 g/mol. The van der Waals surface area contributed by atoms with E-state index in [-0.39, 0.29) is 17.7 Å². The van der Waals surface area contributed by atoms with Gasteiger partial charge in [0.2, 0.25) is 11.7 Å². The summed E-state index contributed by atoms with van der Waals surface area (Å²) in [6.07, 6.45) is 1.64. The number of amides is 1. The van der Waals surface area contributed by atoms with Crippen LogP contribution in [0.4, 0.5) is 5.88 Å². The summed E-state index contributed by atoms with van der Waals surface area (Å²) in [5, 5.41) is 11.4. The highest BCUT2D eigenvalue weighted by molar-refractivity contribution is 5.86. The molecule has 1 fully saturated rings. The number of anilines is 1. The molecule has 1 unspecified atom stereocenters. The minimum absolute atomic E-state index is 0.0734. The second-order valence-electron chi connectivity index (χ2n) is 3.91. The van der Waals surface area contributed by atoms with E-state index < -0.39 is 5.97 Å². The Balaban J connectivity index is 2.20. The van der Waals surface area contributed by atoms with Gasteiger partial charge in [-0.05, 0) is 18.9 Å². The number of nitrogens with zero attached hydrogens (tertiary/aromatic N) is 1. The first-order chi connectivity index (χ1) is 8.13. The molecule has 6 nitrogen and oxygen atoms in total. The van der Waals surface area contributed by atoms with Crippen LogP contribution in [0.3, 0.4) is 0 Å². The van der Waals surface area contributed by atoms with E-state index in [0.29, 0.717) is 12.4 Å². The molecule has 2 N–H and O–H groups in total. The maximum absolute atomic E-state index is 11.6. The van der Waals surface area contributed by atoms with Crippen molar-refractivity contribution in [1.29, 1.82) is 0 Å². The fourth-order valence-electron chi connectivity index (χ4n) is 2.07. The number of aromatic carboxylic acids is 1. The number of rotatable bonds is 3. The third-order valence-corrected chi connectivity index (χ3v) is 2.89. The second-order valence-corrected chi connectivity index (χ2v) is 3.91. The fourth-order valence-corrected chi connectivity index (χ4v) is 2.07. The average molecular weight is 238 g/mol. The van der Waals surface area contributed by atoms with Crippen LogP contribution in [0, 0.1) is 0 Å². The van der Waals surface area contributed by atoms with Gasteiger partial charge in [-0.15, -0.1) is 0 Å². The van der Waals surface area contributed by atoms with E-state index in [1.165, 1.54) is 6.07 Å². The Hall–Kier alpha value is -1.98. The Morgan fingerprint density at radius 2 is 2.29 bits per heavy atom. The Kier molecular flexibility index (Phi) is 3.03. The van der Waals surface area contributed by atoms with Crippen molar-refractivity contribution in [1.82, 2.24) is 5.32 Å². The van der Waals surface area contributed by atoms with Crippen molar-refractivity contribution in [3.05, 3.63) is 17.9 Å². The molecule has 1 aliphatic rings. The smallest absolute Gasteiger partial charge is 0.371 e. The van der Waals surface area contributed by atoms with Gasteiger partial charge in [-0.1, -0.05) is 0 Å². The van der Waals surface area contributed by atoms with Gasteiger partial charge in [-0.3, -0.25) is 4.79 Å². The van der Waals surface area contributed by atoms with Gasteiger partial charge >= 0.3 is 5.97 Å². The van der Waals surface area contributed by atoms with Gasteiger partial charge < -0.3 is 19.7 Å². The molecular formula is C11H14N2O4. The molecule has 0 spiro atoms. The SMILES string of the molecule is CNC(=O)C1CCCN1c1ccc(C(=O)O)o1. The molecule has 2 heterocycles. The zero-order valence-electron chi connectivity index (χ0n) is 9.47. The molecule has 92 valence electrons. The van der Waals surface area contributed by atoms with Gasteiger partial charge in [-0.25, -0.2) is 4.79 Å². The lowest BCUT2D eigenvalue weighted by molar-refractivity contribution is -0.121. The molecular weight excluding hydrogens is 224 g/mol. The molecule has 0 aromatic carbocycles. The summed E-state index contributed by atoms with van der Waals surface area (Å²) in [5.41, 5.74) is 0. The molecule has 0 aliphatic carbocycles. The van der Waals surface area contributed by atoms with Crippen molar-refractivity contribution in [2.45, 2.75) is 18.9 Å². The molecule has 1 atom stereocenters. The number of likely N-dealkylation sites (N-methyl/N-ethyl adjacent to an activating group) is 1. The van der Waals surface area contributed by atoms with E-state index in [1.807, 2.05) is 0 Å². The summed E-state index contributed by atoms with van der Waals surface area (Å²) >= 11 is 0. The topological polar surface area (TPSA) is 82.8 Å². The van der Waals surface area contributed by atoms with Crippen LogP contribution in [-0.2, 0) is 4.79 Å². The summed E-state index contributed by atoms with van der Waals surface area (Å²) in [5.74, 6) is -0.848. The number of carboxylic acid groups (broad SMARTS) is 1. The second kappa shape index (κ2) is 4.48. The Labute approximate surface area is 98.2 Å². The first-order valence-corrected chi connectivity index (χ1v) is 5.45. The van der Waals surface area contributed by atoms with Crippen molar-refractivity contribution in [3.8, 4) is 0 Å². The van der Waals surface area contributed by atoms with Gasteiger partial charge in [0.25, 0.3) is 0 Å². The molecule has 0 saturated carbocycles. The van der Waals surface area contributed by atoms with Crippen LogP contribution in [0.15, 0.2) is 16.5 Å². The minimum atomic E-state index is -1.10. The van der Waals surface area contributed by atoms with Crippen molar-refractivity contribution in [2.75, 3.05) is 18.5 Å². The molecule has 17 heavy (non-hydrogen) atoms. The largest absolute Gasteiger partial charge is 0.475 e. The molecule has 1 amide bonds. The maximum Gasteiger partial charge on any atom is 0.371 e. The Morgan fingerprint density at radius 3 is 2.88 bits per heavy atom. The standard InChI is InChI=1S/C11H14N2O4/c1-12-10(14)7-3-2-6-13(7)9-5-4-8(17-9)11(15)16/h4-5,7H,2-3,6H2,1H3,(H,12,14)(H,15,16). The summed E-state index contributed by atoms with van der Waals surface area (Å²) in [6, 6.07) is 2.72. The van der Waals surface area contributed by atoms with Crippen molar-refractivity contribution in [3.63, 3.8) is 0 Å². The lowest BCUT2D eigenvalue weighted by Gasteiger charge is -2.22. The van der Waals surface area contributed by atoms with E-state index in [0.717, 1.165) is 12.8 Å². The van der Waals surface area contributed by atoms with Gasteiger partial charge in [0.1, 0.15) is 6.04 Å². The fraction of sp³-hybridized carbons (Fsp3) is 0.455. The quantitative estimate of drug-likeness (QED) is 0.809. The zero-order valence-corrected chi connectivity index (χ0v) is 9.47. The van der Waals surface area contributed by atoms with E-state index in [4.69, 9.17) is 9.52 Å². The van der Waals surface area contributed by atoms with Crippen LogP contribution in [0.1, 0.15) is 23.4 Å². The summed E-state index contributed by atoms with van der Waals surface area (Å²) < 4.78 is 5.20. The van der Waals surface area contributed by atoms with Crippen LogP contribution in [0.25, 0.3) is 0 Å². The number of carbonyl (C=O) groups is 2. The van der Waals surface area contributed by atoms with Crippen molar-refractivity contribution >= 4 is 17.8 Å². The van der Waals surface area contributed by atoms with Crippen LogP contribution in [0.5, 0.6) is 0 Å². The van der Waals surface area contributed by atoms with Crippen LogP contribution in [0.2, 0.25) is 0 Å². The highest BCUT2D eigenvalue weighted by atomic mass is 16.4. The Bertz CT molecular complexity index is 440. The molecule has 1 aromatic rings.